The van der Waals surface area contributed by atoms with Crippen LogP contribution in [-0.4, -0.2) is 33.1 Å². The molecule has 0 N–H and O–H groups in total. The van der Waals surface area contributed by atoms with Gasteiger partial charge in [-0.2, -0.15) is 0 Å². The average molecular weight is 628 g/mol. The zero-order chi connectivity index (χ0) is 27.8. The van der Waals surface area contributed by atoms with Gasteiger partial charge in [-0.3, -0.25) is 0 Å². The van der Waals surface area contributed by atoms with E-state index in [0.717, 1.165) is 19.3 Å². The third-order valence-electron chi connectivity index (χ3n) is 6.77. The van der Waals surface area contributed by atoms with Gasteiger partial charge in [0.1, 0.15) is 0 Å². The van der Waals surface area contributed by atoms with E-state index in [0.29, 0.717) is 12.5 Å². The minimum absolute atomic E-state index is 0.0736. The van der Waals surface area contributed by atoms with Crippen molar-refractivity contribution in [1.82, 2.24) is 0 Å². The fourth-order valence-corrected chi connectivity index (χ4v) is 7.93. The molecule has 4 nitrogen and oxygen atoms in total. The van der Waals surface area contributed by atoms with Gasteiger partial charge in [0, 0.05) is 0 Å². The van der Waals surface area contributed by atoms with Crippen LogP contribution in [0.3, 0.4) is 0 Å². The van der Waals surface area contributed by atoms with Crippen molar-refractivity contribution in [2.75, 3.05) is 0 Å². The molecule has 5 heteroatoms. The second-order valence-electron chi connectivity index (χ2n) is 10.5. The SMILES string of the molecule is CCCCCCCCCCCC/C(=C/C(=O)[O-])C(=O)[O-].CCCCCCC[CH2][Sn+2][CH2]CCCCCCC. The van der Waals surface area contributed by atoms with Crippen LogP contribution in [0.5, 0.6) is 0 Å². The Bertz CT molecular complexity index is 505. The summed E-state index contributed by atoms with van der Waals surface area (Å²) in [6.45, 7) is 6.81. The molecular formula is C32H60O4Sn. The number of rotatable bonds is 27. The van der Waals surface area contributed by atoms with Gasteiger partial charge in [0.05, 0.1) is 11.9 Å². The van der Waals surface area contributed by atoms with Crippen LogP contribution in [0.25, 0.3) is 0 Å². The number of carbonyl (C=O) groups is 2. The number of carboxylic acids is 2. The second kappa shape index (κ2) is 33.5. The molecule has 216 valence electrons. The van der Waals surface area contributed by atoms with Gasteiger partial charge in [0.25, 0.3) is 0 Å². The van der Waals surface area contributed by atoms with Gasteiger partial charge in [-0.25, -0.2) is 0 Å². The summed E-state index contributed by atoms with van der Waals surface area (Å²) in [6, 6.07) is 0. The van der Waals surface area contributed by atoms with Crippen molar-refractivity contribution in [3.63, 3.8) is 0 Å². The molecule has 0 atom stereocenters. The summed E-state index contributed by atoms with van der Waals surface area (Å²) in [5, 5.41) is 21.0. The number of aliphatic carboxylic acids is 2. The van der Waals surface area contributed by atoms with Gasteiger partial charge >= 0.3 is 121 Å². The molecule has 0 amide bonds. The van der Waals surface area contributed by atoms with Crippen LogP contribution in [0.1, 0.15) is 168 Å². The fourth-order valence-electron chi connectivity index (χ4n) is 4.36. The molecular weight excluding hydrogens is 567 g/mol. The number of hydrogen-bond donors (Lipinski definition) is 0. The van der Waals surface area contributed by atoms with Gasteiger partial charge in [-0.05, 0) is 24.5 Å². The summed E-state index contributed by atoms with van der Waals surface area (Å²) in [4.78, 5) is 21.0. The topological polar surface area (TPSA) is 80.3 Å². The Hall–Kier alpha value is -0.521. The third kappa shape index (κ3) is 35.5. The van der Waals surface area contributed by atoms with Crippen molar-refractivity contribution in [3.8, 4) is 0 Å². The molecule has 0 aromatic rings. The normalized spacial score (nSPS) is 11.1. The summed E-state index contributed by atoms with van der Waals surface area (Å²) < 4.78 is 3.31. The van der Waals surface area contributed by atoms with E-state index < -0.39 is 11.9 Å². The number of carboxylic acid groups (broad SMARTS) is 2. The third-order valence-corrected chi connectivity index (χ3v) is 10.8. The van der Waals surface area contributed by atoms with Crippen molar-refractivity contribution in [2.45, 2.75) is 177 Å². The Morgan fingerprint density at radius 3 is 1.16 bits per heavy atom. The Labute approximate surface area is 241 Å². The van der Waals surface area contributed by atoms with Crippen LogP contribution in [0, 0.1) is 0 Å². The van der Waals surface area contributed by atoms with Crippen LogP contribution in [0.2, 0.25) is 8.87 Å². The summed E-state index contributed by atoms with van der Waals surface area (Å²) in [5.41, 5.74) is -0.176. The van der Waals surface area contributed by atoms with Crippen LogP contribution in [0.4, 0.5) is 0 Å². The monoisotopic (exact) mass is 628 g/mol. The average Bonchev–Trinajstić information content (AvgIpc) is 2.87. The van der Waals surface area contributed by atoms with E-state index in [1.165, 1.54) is 103 Å². The Morgan fingerprint density at radius 2 is 0.838 bits per heavy atom. The summed E-state index contributed by atoms with van der Waals surface area (Å²) >= 11 is 0.0736. The molecule has 0 saturated heterocycles. The molecule has 0 radical (unpaired) electrons. The molecule has 0 heterocycles. The van der Waals surface area contributed by atoms with Crippen LogP contribution >= 0.6 is 0 Å². The van der Waals surface area contributed by atoms with E-state index in [1.54, 1.807) is 21.7 Å². The van der Waals surface area contributed by atoms with Crippen LogP contribution < -0.4 is 10.2 Å². The van der Waals surface area contributed by atoms with E-state index >= 15 is 0 Å². The van der Waals surface area contributed by atoms with Crippen molar-refractivity contribution < 1.29 is 19.8 Å². The fraction of sp³-hybridized carbons (Fsp3) is 0.875. The minimum atomic E-state index is -1.48. The Kier molecular flexibility index (Phi) is 35.0. The van der Waals surface area contributed by atoms with E-state index in [9.17, 15) is 19.8 Å². The van der Waals surface area contributed by atoms with Gasteiger partial charge in [0.2, 0.25) is 0 Å². The first kappa shape index (κ1) is 38.6. The first-order chi connectivity index (χ1) is 18.0. The summed E-state index contributed by atoms with van der Waals surface area (Å²) in [5.74, 6) is -2.89. The molecule has 0 unspecified atom stereocenters. The van der Waals surface area contributed by atoms with E-state index in [1.807, 2.05) is 0 Å². The molecule has 0 aliphatic carbocycles. The van der Waals surface area contributed by atoms with Crippen molar-refractivity contribution in [1.29, 1.82) is 0 Å². The number of unbranched alkanes of at least 4 members (excludes halogenated alkanes) is 19. The molecule has 0 aromatic heterocycles. The quantitative estimate of drug-likeness (QED) is 0.0526. The molecule has 0 aliphatic rings. The van der Waals surface area contributed by atoms with E-state index in [-0.39, 0.29) is 33.1 Å². The predicted octanol–water partition coefficient (Wildman–Crippen LogP) is 7.97. The van der Waals surface area contributed by atoms with Gasteiger partial charge < -0.3 is 19.8 Å². The van der Waals surface area contributed by atoms with E-state index in [4.69, 9.17) is 0 Å². The molecule has 0 aromatic carbocycles. The maximum atomic E-state index is 10.7. The summed E-state index contributed by atoms with van der Waals surface area (Å²) in [6.07, 6.45) is 30.2. The second-order valence-corrected chi connectivity index (χ2v) is 14.8. The molecule has 0 spiro atoms. The van der Waals surface area contributed by atoms with Crippen molar-refractivity contribution in [3.05, 3.63) is 11.6 Å². The first-order valence-corrected chi connectivity index (χ1v) is 19.9. The van der Waals surface area contributed by atoms with Crippen LogP contribution in [-0.2, 0) is 9.59 Å². The van der Waals surface area contributed by atoms with Gasteiger partial charge in [0.15, 0.2) is 0 Å². The molecule has 0 bridgehead atoms. The molecule has 37 heavy (non-hydrogen) atoms. The summed E-state index contributed by atoms with van der Waals surface area (Å²) in [7, 11) is 0. The molecule has 0 rings (SSSR count). The van der Waals surface area contributed by atoms with Crippen LogP contribution in [0.15, 0.2) is 11.6 Å². The number of carbonyl (C=O) groups excluding carboxylic acids is 2. The van der Waals surface area contributed by atoms with Crippen molar-refractivity contribution in [2.24, 2.45) is 0 Å². The molecule has 0 saturated carbocycles. The van der Waals surface area contributed by atoms with Crippen molar-refractivity contribution >= 4 is 33.1 Å². The zero-order valence-corrected chi connectivity index (χ0v) is 27.7. The predicted molar refractivity (Wildman–Crippen MR) is 157 cm³/mol. The first-order valence-electron chi connectivity index (χ1n) is 15.8. The van der Waals surface area contributed by atoms with Gasteiger partial charge in [-0.15, -0.1) is 0 Å². The maximum absolute atomic E-state index is 10.7. The zero-order valence-electron chi connectivity index (χ0n) is 24.9. The molecule has 0 fully saturated rings. The Morgan fingerprint density at radius 1 is 0.514 bits per heavy atom. The van der Waals surface area contributed by atoms with E-state index in [2.05, 4.69) is 20.8 Å². The standard InChI is InChI=1S/C16H28O4.2C8H17.Sn/c1-2-3-4-5-6-7-8-9-10-11-12-14(16(19)20)13-15(17)18;2*1-3-5-7-8-6-4-2;/h13H,2-12H2,1H3,(H,17,18)(H,19,20);2*1,3-8H2,2H3;/q;;;+2/p-2/b14-13-;;;. The molecule has 0 aliphatic heterocycles. The number of hydrogen-bond acceptors (Lipinski definition) is 4. The Balaban J connectivity index is 0. The van der Waals surface area contributed by atoms with Gasteiger partial charge in [-0.1, -0.05) is 64.7 Å².